The molecule has 0 aliphatic heterocycles. The number of rotatable bonds is 5. The average Bonchev–Trinajstić information content (AvgIpc) is 2.47. The second-order valence-corrected chi connectivity index (χ2v) is 5.30. The molecule has 0 amide bonds. The zero-order valence-electron chi connectivity index (χ0n) is 8.47. The van der Waals surface area contributed by atoms with E-state index in [0.717, 1.165) is 0 Å². The van der Waals surface area contributed by atoms with Crippen molar-refractivity contribution in [1.82, 2.24) is 14.8 Å². The highest BCUT2D eigenvalue weighted by molar-refractivity contribution is 8.13. The van der Waals surface area contributed by atoms with E-state index in [2.05, 4.69) is 10.2 Å². The monoisotopic (exact) mass is 253 g/mol. The van der Waals surface area contributed by atoms with Crippen LogP contribution in [0.1, 0.15) is 12.7 Å². The fourth-order valence-electron chi connectivity index (χ4n) is 1.08. The van der Waals surface area contributed by atoms with Gasteiger partial charge in [-0.05, 0) is 6.92 Å². The SMILES string of the molecule is CCOCCc1nnc(S(=O)(=O)Cl)n1C. The van der Waals surface area contributed by atoms with Crippen LogP contribution >= 0.6 is 10.7 Å². The molecule has 0 saturated carbocycles. The van der Waals surface area contributed by atoms with Crippen LogP contribution in [0, 0.1) is 0 Å². The maximum atomic E-state index is 11.0. The second-order valence-electron chi connectivity index (χ2n) is 2.84. The Kier molecular flexibility index (Phi) is 4.06. The van der Waals surface area contributed by atoms with Crippen molar-refractivity contribution in [1.29, 1.82) is 0 Å². The van der Waals surface area contributed by atoms with Crippen molar-refractivity contribution in [2.24, 2.45) is 7.05 Å². The molecule has 0 aliphatic carbocycles. The predicted molar refractivity (Wildman–Crippen MR) is 54.2 cm³/mol. The van der Waals surface area contributed by atoms with Crippen LogP contribution in [0.2, 0.25) is 0 Å². The Bertz CT molecular complexity index is 429. The molecule has 0 radical (unpaired) electrons. The topological polar surface area (TPSA) is 74.1 Å². The van der Waals surface area contributed by atoms with Gasteiger partial charge in [0.15, 0.2) is 0 Å². The minimum Gasteiger partial charge on any atom is -0.381 e. The maximum Gasteiger partial charge on any atom is 0.296 e. The number of ether oxygens (including phenoxy) is 1. The largest absolute Gasteiger partial charge is 0.381 e. The summed E-state index contributed by atoms with van der Waals surface area (Å²) < 4.78 is 28.5. The summed E-state index contributed by atoms with van der Waals surface area (Å²) in [5, 5.41) is 6.99. The lowest BCUT2D eigenvalue weighted by atomic mass is 10.4. The molecule has 0 fully saturated rings. The number of hydrogen-bond acceptors (Lipinski definition) is 5. The van der Waals surface area contributed by atoms with Gasteiger partial charge in [-0.2, -0.15) is 0 Å². The Morgan fingerprint density at radius 1 is 1.47 bits per heavy atom. The molecule has 1 heterocycles. The summed E-state index contributed by atoms with van der Waals surface area (Å²) in [6.07, 6.45) is 0.504. The Hall–Kier alpha value is -0.660. The molecule has 1 rings (SSSR count). The van der Waals surface area contributed by atoms with E-state index in [1.54, 1.807) is 7.05 Å². The summed E-state index contributed by atoms with van der Waals surface area (Å²) in [7, 11) is 2.89. The lowest BCUT2D eigenvalue weighted by molar-refractivity contribution is 0.149. The minimum absolute atomic E-state index is 0.240. The summed E-state index contributed by atoms with van der Waals surface area (Å²) in [6, 6.07) is 0. The van der Waals surface area contributed by atoms with Crippen LogP contribution in [0.15, 0.2) is 5.16 Å². The lowest BCUT2D eigenvalue weighted by Crippen LogP contribution is -2.07. The van der Waals surface area contributed by atoms with Gasteiger partial charge < -0.3 is 9.30 Å². The van der Waals surface area contributed by atoms with E-state index in [1.807, 2.05) is 6.92 Å². The van der Waals surface area contributed by atoms with Gasteiger partial charge >= 0.3 is 0 Å². The zero-order valence-corrected chi connectivity index (χ0v) is 10.0. The molecule has 6 nitrogen and oxygen atoms in total. The quantitative estimate of drug-likeness (QED) is 0.558. The molecule has 0 unspecified atom stereocenters. The summed E-state index contributed by atoms with van der Waals surface area (Å²) in [4.78, 5) is 0. The summed E-state index contributed by atoms with van der Waals surface area (Å²) in [5.74, 6) is 0.530. The first-order valence-electron chi connectivity index (χ1n) is 4.37. The van der Waals surface area contributed by atoms with Crippen LogP contribution < -0.4 is 0 Å². The highest BCUT2D eigenvalue weighted by Crippen LogP contribution is 2.12. The molecule has 0 bridgehead atoms. The third-order valence-corrected chi connectivity index (χ3v) is 3.02. The molecule has 0 aliphatic rings. The van der Waals surface area contributed by atoms with E-state index < -0.39 is 9.05 Å². The molecule has 8 heteroatoms. The molecule has 0 N–H and O–H groups in total. The minimum atomic E-state index is -3.82. The van der Waals surface area contributed by atoms with Gasteiger partial charge in [-0.25, -0.2) is 8.42 Å². The van der Waals surface area contributed by atoms with Gasteiger partial charge in [0.2, 0.25) is 0 Å². The smallest absolute Gasteiger partial charge is 0.296 e. The van der Waals surface area contributed by atoms with Gasteiger partial charge in [-0.1, -0.05) is 0 Å². The number of nitrogens with zero attached hydrogens (tertiary/aromatic N) is 3. The van der Waals surface area contributed by atoms with Crippen molar-refractivity contribution >= 4 is 19.7 Å². The molecular weight excluding hydrogens is 242 g/mol. The molecule has 15 heavy (non-hydrogen) atoms. The van der Waals surface area contributed by atoms with E-state index in [9.17, 15) is 8.42 Å². The van der Waals surface area contributed by atoms with Crippen LogP contribution in [-0.4, -0.2) is 36.4 Å². The molecule has 0 spiro atoms. The third-order valence-electron chi connectivity index (χ3n) is 1.82. The third kappa shape index (κ3) is 3.15. The molecule has 1 aromatic heterocycles. The van der Waals surface area contributed by atoms with Crippen LogP contribution in [0.25, 0.3) is 0 Å². The van der Waals surface area contributed by atoms with Gasteiger partial charge in [0.25, 0.3) is 14.2 Å². The van der Waals surface area contributed by atoms with E-state index in [1.165, 1.54) is 4.57 Å². The number of halogens is 1. The zero-order chi connectivity index (χ0) is 11.5. The van der Waals surface area contributed by atoms with Gasteiger partial charge in [0.05, 0.1) is 6.61 Å². The van der Waals surface area contributed by atoms with Gasteiger partial charge in [0, 0.05) is 30.8 Å². The lowest BCUT2D eigenvalue weighted by Gasteiger charge is -2.01. The van der Waals surface area contributed by atoms with Crippen molar-refractivity contribution in [3.63, 3.8) is 0 Å². The van der Waals surface area contributed by atoms with E-state index in [4.69, 9.17) is 15.4 Å². The first kappa shape index (κ1) is 12.4. The first-order chi connectivity index (χ1) is 6.96. The van der Waals surface area contributed by atoms with Crippen LogP contribution in [-0.2, 0) is 27.3 Å². The van der Waals surface area contributed by atoms with Gasteiger partial charge in [-0.3, -0.25) is 0 Å². The van der Waals surface area contributed by atoms with Crippen molar-refractivity contribution < 1.29 is 13.2 Å². The highest BCUT2D eigenvalue weighted by Gasteiger charge is 2.19. The van der Waals surface area contributed by atoms with Gasteiger partial charge in [0.1, 0.15) is 5.82 Å². The molecule has 0 aromatic carbocycles. The van der Waals surface area contributed by atoms with Crippen molar-refractivity contribution in [3.05, 3.63) is 5.82 Å². The molecule has 0 atom stereocenters. The summed E-state index contributed by atoms with van der Waals surface area (Å²) >= 11 is 0. The Morgan fingerprint density at radius 3 is 2.60 bits per heavy atom. The second kappa shape index (κ2) is 4.91. The Balaban J connectivity index is 2.81. The van der Waals surface area contributed by atoms with Crippen molar-refractivity contribution in [2.75, 3.05) is 13.2 Å². The van der Waals surface area contributed by atoms with E-state index in [-0.39, 0.29) is 5.16 Å². The molecule has 0 saturated heterocycles. The Labute approximate surface area is 92.6 Å². The normalized spacial score (nSPS) is 11.9. The fourth-order valence-corrected chi connectivity index (χ4v) is 2.06. The average molecular weight is 254 g/mol. The maximum absolute atomic E-state index is 11.0. The first-order valence-corrected chi connectivity index (χ1v) is 6.68. The van der Waals surface area contributed by atoms with Crippen molar-refractivity contribution in [2.45, 2.75) is 18.5 Å². The number of aromatic nitrogens is 3. The molecule has 86 valence electrons. The predicted octanol–water partition coefficient (Wildman–Crippen LogP) is 0.322. The Morgan fingerprint density at radius 2 is 2.13 bits per heavy atom. The molecular formula is C7H12ClN3O3S. The van der Waals surface area contributed by atoms with E-state index in [0.29, 0.717) is 25.5 Å². The van der Waals surface area contributed by atoms with Crippen LogP contribution in [0.4, 0.5) is 0 Å². The fraction of sp³-hybridized carbons (Fsp3) is 0.714. The number of hydrogen-bond donors (Lipinski definition) is 0. The summed E-state index contributed by atoms with van der Waals surface area (Å²) in [6.45, 7) is 2.97. The van der Waals surface area contributed by atoms with Gasteiger partial charge in [-0.15, -0.1) is 10.2 Å². The standard InChI is InChI=1S/C7H12ClN3O3S/c1-3-14-5-4-6-9-10-7(11(6)2)15(8,12)13/h3-5H2,1-2H3. The van der Waals surface area contributed by atoms with Crippen molar-refractivity contribution in [3.8, 4) is 0 Å². The van der Waals surface area contributed by atoms with Crippen LogP contribution in [0.5, 0.6) is 0 Å². The summed E-state index contributed by atoms with van der Waals surface area (Å²) in [5.41, 5.74) is 0. The van der Waals surface area contributed by atoms with E-state index >= 15 is 0 Å². The van der Waals surface area contributed by atoms with Crippen LogP contribution in [0.3, 0.4) is 0 Å². The highest BCUT2D eigenvalue weighted by atomic mass is 35.7. The molecule has 1 aromatic rings.